The first-order chi connectivity index (χ1) is 10.1. The third-order valence-corrected chi connectivity index (χ3v) is 6.11. The molecule has 0 saturated carbocycles. The summed E-state index contributed by atoms with van der Waals surface area (Å²) in [7, 11) is 1.74. The molecule has 1 fully saturated rings. The van der Waals surface area contributed by atoms with Gasteiger partial charge in [0.1, 0.15) is 0 Å². The third-order valence-electron chi connectivity index (χ3n) is 3.58. The SMILES string of the molecule is CCC1CN(c2nc(COC)c(CNC(C)C)s2)CCS1. The molecule has 0 radical (unpaired) electrons. The molecule has 0 bridgehead atoms. The van der Waals surface area contributed by atoms with E-state index in [2.05, 4.69) is 42.7 Å². The van der Waals surface area contributed by atoms with Gasteiger partial charge in [-0.3, -0.25) is 0 Å². The zero-order valence-electron chi connectivity index (χ0n) is 13.5. The molecular formula is C15H27N3OS2. The van der Waals surface area contributed by atoms with Crippen LogP contribution in [-0.4, -0.2) is 42.2 Å². The van der Waals surface area contributed by atoms with Crippen molar-refractivity contribution < 1.29 is 4.74 Å². The highest BCUT2D eigenvalue weighted by Crippen LogP contribution is 2.31. The lowest BCUT2D eigenvalue weighted by atomic mass is 10.3. The van der Waals surface area contributed by atoms with Gasteiger partial charge in [-0.15, -0.1) is 11.3 Å². The van der Waals surface area contributed by atoms with Crippen LogP contribution in [0.25, 0.3) is 0 Å². The molecule has 1 aromatic rings. The summed E-state index contributed by atoms with van der Waals surface area (Å²) in [5.41, 5.74) is 1.09. The smallest absolute Gasteiger partial charge is 0.185 e. The average Bonchev–Trinajstić information content (AvgIpc) is 2.89. The summed E-state index contributed by atoms with van der Waals surface area (Å²) in [6, 6.07) is 0.488. The monoisotopic (exact) mass is 329 g/mol. The number of hydrogen-bond donors (Lipinski definition) is 1. The molecule has 6 heteroatoms. The van der Waals surface area contributed by atoms with Crippen molar-refractivity contribution in [3.63, 3.8) is 0 Å². The Balaban J connectivity index is 2.10. The number of aromatic nitrogens is 1. The maximum absolute atomic E-state index is 5.31. The Labute approximate surface area is 136 Å². The van der Waals surface area contributed by atoms with Gasteiger partial charge < -0.3 is 15.0 Å². The first kappa shape index (κ1) is 17.1. The van der Waals surface area contributed by atoms with E-state index >= 15 is 0 Å². The summed E-state index contributed by atoms with van der Waals surface area (Å²) in [4.78, 5) is 8.60. The zero-order valence-corrected chi connectivity index (χ0v) is 15.1. The largest absolute Gasteiger partial charge is 0.378 e. The fourth-order valence-corrected chi connectivity index (χ4v) is 4.56. The Morgan fingerprint density at radius 2 is 2.29 bits per heavy atom. The lowest BCUT2D eigenvalue weighted by Crippen LogP contribution is -2.37. The fraction of sp³-hybridized carbons (Fsp3) is 0.800. The predicted octanol–water partition coefficient (Wildman–Crippen LogP) is 3.12. The van der Waals surface area contributed by atoms with Gasteiger partial charge in [-0.25, -0.2) is 4.98 Å². The van der Waals surface area contributed by atoms with Crippen LogP contribution >= 0.6 is 23.1 Å². The highest BCUT2D eigenvalue weighted by molar-refractivity contribution is 8.00. The number of thioether (sulfide) groups is 1. The predicted molar refractivity (Wildman–Crippen MR) is 93.6 cm³/mol. The molecular weight excluding hydrogens is 302 g/mol. The van der Waals surface area contributed by atoms with Crippen molar-refractivity contribution in [3.05, 3.63) is 10.6 Å². The Hall–Kier alpha value is -0.300. The molecule has 0 amide bonds. The van der Waals surface area contributed by atoms with E-state index in [1.54, 1.807) is 7.11 Å². The zero-order chi connectivity index (χ0) is 15.2. The van der Waals surface area contributed by atoms with Gasteiger partial charge in [0.05, 0.1) is 12.3 Å². The second-order valence-corrected chi connectivity index (χ2v) is 8.15. The summed E-state index contributed by atoms with van der Waals surface area (Å²) < 4.78 is 5.31. The normalized spacial score (nSPS) is 19.5. The fourth-order valence-electron chi connectivity index (χ4n) is 2.33. The van der Waals surface area contributed by atoms with E-state index in [9.17, 15) is 0 Å². The molecule has 1 unspecified atom stereocenters. The van der Waals surface area contributed by atoms with Gasteiger partial charge in [-0.05, 0) is 6.42 Å². The van der Waals surface area contributed by atoms with Crippen molar-refractivity contribution in [3.8, 4) is 0 Å². The molecule has 1 aromatic heterocycles. The lowest BCUT2D eigenvalue weighted by Gasteiger charge is -2.31. The van der Waals surface area contributed by atoms with Crippen molar-refractivity contribution in [1.29, 1.82) is 0 Å². The molecule has 1 saturated heterocycles. The van der Waals surface area contributed by atoms with Crippen molar-refractivity contribution >= 4 is 28.2 Å². The second-order valence-electron chi connectivity index (χ2n) is 5.68. The van der Waals surface area contributed by atoms with Crippen LogP contribution in [0.15, 0.2) is 0 Å². The minimum atomic E-state index is 0.488. The van der Waals surface area contributed by atoms with Crippen LogP contribution in [0, 0.1) is 0 Å². The van der Waals surface area contributed by atoms with Crippen molar-refractivity contribution in [2.45, 2.75) is 51.6 Å². The van der Waals surface area contributed by atoms with Crippen LogP contribution < -0.4 is 10.2 Å². The lowest BCUT2D eigenvalue weighted by molar-refractivity contribution is 0.181. The molecule has 0 spiro atoms. The van der Waals surface area contributed by atoms with Crippen LogP contribution in [0.5, 0.6) is 0 Å². The minimum Gasteiger partial charge on any atom is -0.378 e. The Morgan fingerprint density at radius 1 is 1.48 bits per heavy atom. The van der Waals surface area contributed by atoms with E-state index in [1.807, 2.05) is 11.3 Å². The minimum absolute atomic E-state index is 0.488. The molecule has 2 heterocycles. The van der Waals surface area contributed by atoms with Gasteiger partial charge in [-0.1, -0.05) is 20.8 Å². The number of ether oxygens (including phenoxy) is 1. The Morgan fingerprint density at radius 3 is 2.95 bits per heavy atom. The molecule has 1 aliphatic heterocycles. The Bertz CT molecular complexity index is 437. The molecule has 0 aromatic carbocycles. The van der Waals surface area contributed by atoms with Gasteiger partial charge in [0.2, 0.25) is 0 Å². The highest BCUT2D eigenvalue weighted by atomic mass is 32.2. The maximum Gasteiger partial charge on any atom is 0.185 e. The molecule has 1 aliphatic rings. The number of hydrogen-bond acceptors (Lipinski definition) is 6. The molecule has 0 aliphatic carbocycles. The van der Waals surface area contributed by atoms with Gasteiger partial charge in [0, 0.05) is 48.7 Å². The van der Waals surface area contributed by atoms with Crippen molar-refractivity contribution in [1.82, 2.24) is 10.3 Å². The number of nitrogens with one attached hydrogen (secondary N) is 1. The van der Waals surface area contributed by atoms with Crippen LogP contribution in [0.2, 0.25) is 0 Å². The standard InChI is InChI=1S/C15H27N3OS2/c1-5-12-9-18(6-7-20-12)15-17-13(10-19-4)14(21-15)8-16-11(2)3/h11-12,16H,5-10H2,1-4H3. The topological polar surface area (TPSA) is 37.4 Å². The van der Waals surface area contributed by atoms with E-state index in [0.717, 1.165) is 30.6 Å². The summed E-state index contributed by atoms with van der Waals surface area (Å²) in [6.07, 6.45) is 1.24. The number of nitrogens with zero attached hydrogens (tertiary/aromatic N) is 2. The first-order valence-electron chi connectivity index (χ1n) is 7.71. The van der Waals surface area contributed by atoms with E-state index in [1.165, 1.54) is 22.2 Å². The van der Waals surface area contributed by atoms with E-state index < -0.39 is 0 Å². The maximum atomic E-state index is 5.31. The quantitative estimate of drug-likeness (QED) is 0.832. The van der Waals surface area contributed by atoms with Gasteiger partial charge in [0.25, 0.3) is 0 Å². The summed E-state index contributed by atoms with van der Waals surface area (Å²) >= 11 is 3.92. The number of thiazole rings is 1. The number of methoxy groups -OCH3 is 1. The third kappa shape index (κ3) is 4.84. The summed E-state index contributed by atoms with van der Waals surface area (Å²) in [5.74, 6) is 1.21. The molecule has 120 valence electrons. The van der Waals surface area contributed by atoms with Crippen molar-refractivity contribution in [2.75, 3.05) is 30.9 Å². The number of rotatable bonds is 7. The second kappa shape index (κ2) is 8.36. The molecule has 1 N–H and O–H groups in total. The first-order valence-corrected chi connectivity index (χ1v) is 9.58. The van der Waals surface area contributed by atoms with Gasteiger partial charge in [-0.2, -0.15) is 11.8 Å². The van der Waals surface area contributed by atoms with Gasteiger partial charge in [0.15, 0.2) is 5.13 Å². The molecule has 21 heavy (non-hydrogen) atoms. The summed E-state index contributed by atoms with van der Waals surface area (Å²) in [6.45, 7) is 10.3. The molecule has 2 rings (SSSR count). The number of anilines is 1. The summed E-state index contributed by atoms with van der Waals surface area (Å²) in [5, 5.41) is 5.40. The van der Waals surface area contributed by atoms with E-state index in [4.69, 9.17) is 9.72 Å². The molecule has 4 nitrogen and oxygen atoms in total. The Kier molecular flexibility index (Phi) is 6.79. The highest BCUT2D eigenvalue weighted by Gasteiger charge is 2.23. The molecule has 1 atom stereocenters. The van der Waals surface area contributed by atoms with Crippen LogP contribution in [0.1, 0.15) is 37.8 Å². The van der Waals surface area contributed by atoms with Gasteiger partial charge >= 0.3 is 0 Å². The van der Waals surface area contributed by atoms with Crippen molar-refractivity contribution in [2.24, 2.45) is 0 Å². The van der Waals surface area contributed by atoms with E-state index in [0.29, 0.717) is 12.6 Å². The van der Waals surface area contributed by atoms with Crippen LogP contribution in [0.3, 0.4) is 0 Å². The van der Waals surface area contributed by atoms with Crippen LogP contribution in [-0.2, 0) is 17.9 Å². The average molecular weight is 330 g/mol. The van der Waals surface area contributed by atoms with E-state index in [-0.39, 0.29) is 0 Å². The van der Waals surface area contributed by atoms with Crippen LogP contribution in [0.4, 0.5) is 5.13 Å².